The molecule has 1 fully saturated rings. The van der Waals surface area contributed by atoms with E-state index < -0.39 is 0 Å². The maximum absolute atomic E-state index is 12.2. The van der Waals surface area contributed by atoms with Crippen molar-refractivity contribution in [3.8, 4) is 0 Å². The van der Waals surface area contributed by atoms with Gasteiger partial charge in [0.05, 0.1) is 29.7 Å². The zero-order valence-corrected chi connectivity index (χ0v) is 12.2. The predicted molar refractivity (Wildman–Crippen MR) is 80.8 cm³/mol. The average Bonchev–Trinajstić information content (AvgIpc) is 2.47. The van der Waals surface area contributed by atoms with Crippen molar-refractivity contribution in [1.29, 1.82) is 0 Å². The van der Waals surface area contributed by atoms with E-state index in [-0.39, 0.29) is 17.8 Å². The van der Waals surface area contributed by atoms with E-state index in [0.29, 0.717) is 36.5 Å². The Labute approximate surface area is 122 Å². The van der Waals surface area contributed by atoms with Crippen LogP contribution in [0.5, 0.6) is 0 Å². The van der Waals surface area contributed by atoms with Gasteiger partial charge in [0.25, 0.3) is 5.56 Å². The van der Waals surface area contributed by atoms with Gasteiger partial charge in [-0.3, -0.25) is 9.78 Å². The van der Waals surface area contributed by atoms with Crippen molar-refractivity contribution in [2.24, 2.45) is 0 Å². The van der Waals surface area contributed by atoms with Crippen LogP contribution in [0.1, 0.15) is 6.92 Å². The van der Waals surface area contributed by atoms with E-state index in [1.165, 1.54) is 0 Å². The molecule has 2 heterocycles. The van der Waals surface area contributed by atoms with Crippen molar-refractivity contribution in [3.63, 3.8) is 0 Å². The van der Waals surface area contributed by atoms with E-state index in [2.05, 4.69) is 9.97 Å². The van der Waals surface area contributed by atoms with Gasteiger partial charge >= 0.3 is 0 Å². The summed E-state index contributed by atoms with van der Waals surface area (Å²) in [5.74, 6) is 0.593. The summed E-state index contributed by atoms with van der Waals surface area (Å²) in [6.45, 7) is 3.88. The molecule has 1 N–H and O–H groups in total. The predicted octanol–water partition coefficient (Wildman–Crippen LogP) is 1.16. The van der Waals surface area contributed by atoms with Crippen molar-refractivity contribution in [2.45, 2.75) is 19.1 Å². The molecule has 2 atom stereocenters. The SMILES string of the molecule is COCC1CN(c2nc3ccccc3c(=O)[nH]2)CC(C)O1. The number of anilines is 1. The van der Waals surface area contributed by atoms with Gasteiger partial charge in [-0.1, -0.05) is 12.1 Å². The van der Waals surface area contributed by atoms with Gasteiger partial charge in [-0.15, -0.1) is 0 Å². The second kappa shape index (κ2) is 5.83. The van der Waals surface area contributed by atoms with Crippen molar-refractivity contribution < 1.29 is 9.47 Å². The first-order chi connectivity index (χ1) is 10.2. The molecule has 112 valence electrons. The quantitative estimate of drug-likeness (QED) is 0.918. The van der Waals surface area contributed by atoms with E-state index >= 15 is 0 Å². The fourth-order valence-corrected chi connectivity index (χ4v) is 2.72. The smallest absolute Gasteiger partial charge is 0.260 e. The molecular formula is C15H19N3O3. The van der Waals surface area contributed by atoms with Crippen LogP contribution in [0.3, 0.4) is 0 Å². The molecule has 0 saturated carbocycles. The summed E-state index contributed by atoms with van der Waals surface area (Å²) in [5, 5.41) is 0.607. The number of aromatic amines is 1. The molecule has 21 heavy (non-hydrogen) atoms. The number of para-hydroxylation sites is 1. The third-order valence-electron chi connectivity index (χ3n) is 3.58. The van der Waals surface area contributed by atoms with Crippen LogP contribution in [0, 0.1) is 0 Å². The molecule has 1 aromatic heterocycles. The molecule has 2 aromatic rings. The lowest BCUT2D eigenvalue weighted by atomic mass is 10.2. The fraction of sp³-hybridized carbons (Fsp3) is 0.467. The van der Waals surface area contributed by atoms with Crippen molar-refractivity contribution in [3.05, 3.63) is 34.6 Å². The Morgan fingerprint density at radius 2 is 2.24 bits per heavy atom. The van der Waals surface area contributed by atoms with E-state index in [4.69, 9.17) is 9.47 Å². The number of hydrogen-bond acceptors (Lipinski definition) is 5. The number of morpholine rings is 1. The number of nitrogens with zero attached hydrogens (tertiary/aromatic N) is 2. The largest absolute Gasteiger partial charge is 0.382 e. The van der Waals surface area contributed by atoms with Crippen molar-refractivity contribution in [2.75, 3.05) is 31.7 Å². The Morgan fingerprint density at radius 1 is 1.43 bits per heavy atom. The number of fused-ring (bicyclic) bond motifs is 1. The summed E-state index contributed by atoms with van der Waals surface area (Å²) in [4.78, 5) is 21.6. The zero-order valence-electron chi connectivity index (χ0n) is 12.2. The Bertz CT molecular complexity index is 685. The molecule has 0 spiro atoms. The minimum atomic E-state index is -0.113. The summed E-state index contributed by atoms with van der Waals surface area (Å²) in [7, 11) is 1.66. The molecule has 0 amide bonds. The van der Waals surface area contributed by atoms with Crippen LogP contribution < -0.4 is 10.5 Å². The lowest BCUT2D eigenvalue weighted by Gasteiger charge is -2.36. The first kappa shape index (κ1) is 14.0. The van der Waals surface area contributed by atoms with Crippen LogP contribution in [0.25, 0.3) is 10.9 Å². The third kappa shape index (κ3) is 2.91. The first-order valence-electron chi connectivity index (χ1n) is 7.06. The second-order valence-corrected chi connectivity index (χ2v) is 5.34. The highest BCUT2D eigenvalue weighted by molar-refractivity contribution is 5.78. The Morgan fingerprint density at radius 3 is 3.05 bits per heavy atom. The maximum atomic E-state index is 12.2. The number of nitrogens with one attached hydrogen (secondary N) is 1. The van der Waals surface area contributed by atoms with E-state index in [0.717, 1.165) is 0 Å². The summed E-state index contributed by atoms with van der Waals surface area (Å²) >= 11 is 0. The lowest BCUT2D eigenvalue weighted by molar-refractivity contribution is -0.0514. The first-order valence-corrected chi connectivity index (χ1v) is 7.06. The molecule has 1 saturated heterocycles. The highest BCUT2D eigenvalue weighted by atomic mass is 16.5. The highest BCUT2D eigenvalue weighted by Crippen LogP contribution is 2.18. The summed E-state index contributed by atoms with van der Waals surface area (Å²) in [6.07, 6.45) is 0.0474. The number of hydrogen-bond donors (Lipinski definition) is 1. The molecule has 6 heteroatoms. The Hall–Kier alpha value is -1.92. The molecule has 3 rings (SSSR count). The second-order valence-electron chi connectivity index (χ2n) is 5.34. The number of aromatic nitrogens is 2. The summed E-state index contributed by atoms with van der Waals surface area (Å²) in [5.41, 5.74) is 0.594. The minimum Gasteiger partial charge on any atom is -0.382 e. The fourth-order valence-electron chi connectivity index (χ4n) is 2.72. The van der Waals surface area contributed by atoms with Gasteiger partial charge in [-0.25, -0.2) is 4.98 Å². The molecule has 0 radical (unpaired) electrons. The van der Waals surface area contributed by atoms with Crippen molar-refractivity contribution >= 4 is 16.9 Å². The number of ether oxygens (including phenoxy) is 2. The zero-order chi connectivity index (χ0) is 14.8. The Kier molecular flexibility index (Phi) is 3.90. The summed E-state index contributed by atoms with van der Waals surface area (Å²) < 4.78 is 11.0. The highest BCUT2D eigenvalue weighted by Gasteiger charge is 2.26. The van der Waals surface area contributed by atoms with Crippen LogP contribution in [0.2, 0.25) is 0 Å². The molecule has 0 aliphatic carbocycles. The van der Waals surface area contributed by atoms with Crippen LogP contribution in [-0.4, -0.2) is 49.0 Å². The van der Waals surface area contributed by atoms with Crippen LogP contribution in [-0.2, 0) is 9.47 Å². The normalized spacial score (nSPS) is 22.7. The monoisotopic (exact) mass is 289 g/mol. The van der Waals surface area contributed by atoms with Gasteiger partial charge in [-0.05, 0) is 19.1 Å². The lowest BCUT2D eigenvalue weighted by Crippen LogP contribution is -2.49. The number of benzene rings is 1. The number of H-pyrrole nitrogens is 1. The Balaban J connectivity index is 1.94. The molecule has 0 bridgehead atoms. The van der Waals surface area contributed by atoms with E-state index in [1.54, 1.807) is 13.2 Å². The number of methoxy groups -OCH3 is 1. The van der Waals surface area contributed by atoms with Gasteiger partial charge in [0.15, 0.2) is 0 Å². The van der Waals surface area contributed by atoms with Gasteiger partial charge < -0.3 is 14.4 Å². The van der Waals surface area contributed by atoms with Crippen LogP contribution in [0.15, 0.2) is 29.1 Å². The average molecular weight is 289 g/mol. The molecular weight excluding hydrogens is 270 g/mol. The maximum Gasteiger partial charge on any atom is 0.260 e. The van der Waals surface area contributed by atoms with Crippen LogP contribution >= 0.6 is 0 Å². The van der Waals surface area contributed by atoms with Crippen LogP contribution in [0.4, 0.5) is 5.95 Å². The molecule has 1 aliphatic heterocycles. The van der Waals surface area contributed by atoms with Gasteiger partial charge in [0.2, 0.25) is 5.95 Å². The molecule has 2 unspecified atom stereocenters. The minimum absolute atomic E-state index is 0.0180. The van der Waals surface area contributed by atoms with Crippen molar-refractivity contribution in [1.82, 2.24) is 9.97 Å². The topological polar surface area (TPSA) is 67.5 Å². The van der Waals surface area contributed by atoms with Gasteiger partial charge in [0, 0.05) is 20.2 Å². The third-order valence-corrected chi connectivity index (χ3v) is 3.58. The summed E-state index contributed by atoms with van der Waals surface area (Å²) in [6, 6.07) is 7.35. The molecule has 1 aliphatic rings. The van der Waals surface area contributed by atoms with E-state index in [1.807, 2.05) is 30.0 Å². The molecule has 6 nitrogen and oxygen atoms in total. The number of rotatable bonds is 3. The standard InChI is InChI=1S/C15H19N3O3/c1-10-7-18(8-11(21-10)9-20-2)15-16-13-6-4-3-5-12(13)14(19)17-15/h3-6,10-11H,7-9H2,1-2H3,(H,16,17,19). The van der Waals surface area contributed by atoms with Gasteiger partial charge in [-0.2, -0.15) is 0 Å². The van der Waals surface area contributed by atoms with E-state index in [9.17, 15) is 4.79 Å². The molecule has 1 aromatic carbocycles. The van der Waals surface area contributed by atoms with Gasteiger partial charge in [0.1, 0.15) is 0 Å².